The van der Waals surface area contributed by atoms with Gasteiger partial charge in [0.05, 0.1) is 11.0 Å². The number of benzene rings is 13. The van der Waals surface area contributed by atoms with Crippen molar-refractivity contribution in [3.63, 3.8) is 0 Å². The highest BCUT2D eigenvalue weighted by Crippen LogP contribution is 2.56. The first-order valence-electron chi connectivity index (χ1n) is 29.5. The standard InChI is InChI=1S/C79H49B2N3/c1-5-17-49(18-6-1)53-29-35-57(36-30-53)82-69-43-33-55(51-21-9-3-10-22-51)47-66(69)80-64-26-14-13-25-61(64)73-62-40-39-59-60-41-45-72-77-79(60)84(78(59)74(62)63-42-46-71(82)76(80)75(63)73)68-28-16-15-27-65(68)81(77)67-48-56(52-23-11-4-12-24-52)34-44-70(67)83(72)58-37-31-54(32-38-58)50-19-7-2-8-20-50/h1-48,73H. The molecule has 0 radical (unpaired) electrons. The lowest BCUT2D eigenvalue weighted by Crippen LogP contribution is -2.61. The third-order valence-corrected chi connectivity index (χ3v) is 19.3. The molecule has 0 N–H and O–H groups in total. The average molecular weight is 1060 g/mol. The highest BCUT2D eigenvalue weighted by atomic mass is 15.2. The lowest BCUT2D eigenvalue weighted by Gasteiger charge is -2.42. The topological polar surface area (TPSA) is 11.4 Å². The maximum Gasteiger partial charge on any atom is 0.252 e. The molecule has 84 heavy (non-hydrogen) atoms. The molecule has 1 unspecified atom stereocenters. The first-order valence-corrected chi connectivity index (χ1v) is 29.5. The van der Waals surface area contributed by atoms with Gasteiger partial charge in [0.25, 0.3) is 6.71 Å². The number of hydrogen-bond donors (Lipinski definition) is 0. The van der Waals surface area contributed by atoms with Crippen LogP contribution in [-0.4, -0.2) is 18.0 Å². The van der Waals surface area contributed by atoms with E-state index in [9.17, 15) is 0 Å². The molecule has 0 fully saturated rings. The molecule has 1 aromatic heterocycles. The third-order valence-electron chi connectivity index (χ3n) is 19.3. The second-order valence-electron chi connectivity index (χ2n) is 23.4. The molecule has 1 aliphatic carbocycles. The van der Waals surface area contributed by atoms with Gasteiger partial charge >= 0.3 is 0 Å². The van der Waals surface area contributed by atoms with Crippen molar-refractivity contribution in [3.8, 4) is 61.3 Å². The number of para-hydroxylation sites is 1. The zero-order valence-electron chi connectivity index (χ0n) is 45.8. The predicted octanol–water partition coefficient (Wildman–Crippen LogP) is 15.8. The van der Waals surface area contributed by atoms with Gasteiger partial charge in [0.15, 0.2) is 0 Å². The highest BCUT2D eigenvalue weighted by molar-refractivity contribution is 7.01. The van der Waals surface area contributed by atoms with Crippen molar-refractivity contribution in [3.05, 3.63) is 308 Å². The Kier molecular flexibility index (Phi) is 9.57. The molecule has 0 amide bonds. The summed E-state index contributed by atoms with van der Waals surface area (Å²) in [5.41, 5.74) is 35.9. The van der Waals surface area contributed by atoms with Gasteiger partial charge in [-0.1, -0.05) is 242 Å². The van der Waals surface area contributed by atoms with Crippen LogP contribution in [0.3, 0.4) is 0 Å². The summed E-state index contributed by atoms with van der Waals surface area (Å²) in [4.78, 5) is 5.11. The van der Waals surface area contributed by atoms with E-state index in [1.165, 1.54) is 155 Å². The van der Waals surface area contributed by atoms with Crippen molar-refractivity contribution in [2.75, 3.05) is 9.80 Å². The van der Waals surface area contributed by atoms with E-state index in [4.69, 9.17) is 0 Å². The maximum absolute atomic E-state index is 2.70. The van der Waals surface area contributed by atoms with Gasteiger partial charge in [-0.25, -0.2) is 0 Å². The summed E-state index contributed by atoms with van der Waals surface area (Å²) in [5.74, 6) is 0.0481. The first-order chi connectivity index (χ1) is 41.7. The van der Waals surface area contributed by atoms with Crippen LogP contribution in [0, 0.1) is 0 Å². The van der Waals surface area contributed by atoms with Crippen molar-refractivity contribution >= 4 is 102 Å². The largest absolute Gasteiger partial charge is 0.312 e. The molecule has 5 aliphatic rings. The van der Waals surface area contributed by atoms with Crippen LogP contribution >= 0.6 is 0 Å². The molecule has 14 aromatic rings. The molecule has 1 atom stereocenters. The maximum atomic E-state index is 2.70. The number of aromatic nitrogens is 1. The molecule has 0 bridgehead atoms. The lowest BCUT2D eigenvalue weighted by atomic mass is 9.31. The zero-order valence-corrected chi connectivity index (χ0v) is 45.8. The Labute approximate surface area is 488 Å². The fraction of sp³-hybridized carbons (Fsp3) is 0.0127. The van der Waals surface area contributed by atoms with Crippen LogP contribution in [-0.2, 0) is 0 Å². The summed E-state index contributed by atoms with van der Waals surface area (Å²) < 4.78 is 2.70. The van der Waals surface area contributed by atoms with Crippen molar-refractivity contribution in [2.45, 2.75) is 5.92 Å². The lowest BCUT2D eigenvalue weighted by molar-refractivity contribution is 1.02. The SMILES string of the molecule is c1ccc(-c2ccc(N3c4ccc(-c5ccccc5)cc4B4c5ccccc5C5c6ccc7c8ccc9c%10c8n(c7c6-c6ccc3c4c65)-c3ccccc3B%10c3cc(-c4ccccc4)ccc3N9c3ccc(-c4ccccc4)cc3)cc2)cc1. The fourth-order valence-electron chi connectivity index (χ4n) is 15.8. The molecule has 5 heteroatoms. The van der Waals surface area contributed by atoms with E-state index in [0.717, 1.165) is 11.4 Å². The number of fused-ring (bicyclic) bond motifs is 17. The van der Waals surface area contributed by atoms with Crippen molar-refractivity contribution < 1.29 is 0 Å². The van der Waals surface area contributed by atoms with Crippen LogP contribution in [0.4, 0.5) is 34.1 Å². The van der Waals surface area contributed by atoms with E-state index < -0.39 is 0 Å². The number of hydrogen-bond acceptors (Lipinski definition) is 2. The molecule has 19 rings (SSSR count). The minimum Gasteiger partial charge on any atom is -0.312 e. The molecule has 13 aromatic carbocycles. The Morgan fingerprint density at radius 2 is 0.702 bits per heavy atom. The van der Waals surface area contributed by atoms with E-state index in [2.05, 4.69) is 306 Å². The molecule has 5 heterocycles. The fourth-order valence-corrected chi connectivity index (χ4v) is 15.8. The zero-order chi connectivity index (χ0) is 54.7. The summed E-state index contributed by atoms with van der Waals surface area (Å²) in [7, 11) is 0. The van der Waals surface area contributed by atoms with Gasteiger partial charge in [0.1, 0.15) is 0 Å². The monoisotopic (exact) mass is 1060 g/mol. The van der Waals surface area contributed by atoms with Crippen LogP contribution in [0.25, 0.3) is 83.1 Å². The molecule has 4 aliphatic heterocycles. The molecule has 0 saturated carbocycles. The van der Waals surface area contributed by atoms with Gasteiger partial charge in [-0.2, -0.15) is 0 Å². The van der Waals surface area contributed by atoms with Gasteiger partial charge in [0, 0.05) is 62.1 Å². The van der Waals surface area contributed by atoms with Gasteiger partial charge in [-0.3, -0.25) is 0 Å². The number of rotatable bonds is 6. The Bertz CT molecular complexity index is 5070. The summed E-state index contributed by atoms with van der Waals surface area (Å²) in [6.45, 7) is 0.0242. The molecule has 386 valence electrons. The predicted molar refractivity (Wildman–Crippen MR) is 354 cm³/mol. The van der Waals surface area contributed by atoms with Gasteiger partial charge < -0.3 is 14.4 Å². The van der Waals surface area contributed by atoms with Crippen LogP contribution < -0.4 is 42.6 Å². The first kappa shape index (κ1) is 46.0. The minimum atomic E-state index is -0.00127. The van der Waals surface area contributed by atoms with E-state index in [-0.39, 0.29) is 19.3 Å². The normalized spacial score (nSPS) is 14.2. The van der Waals surface area contributed by atoms with Crippen molar-refractivity contribution in [1.82, 2.24) is 4.57 Å². The summed E-state index contributed by atoms with van der Waals surface area (Å²) >= 11 is 0. The summed E-state index contributed by atoms with van der Waals surface area (Å²) in [5, 5.41) is 2.58. The second-order valence-corrected chi connectivity index (χ2v) is 23.4. The summed E-state index contributed by atoms with van der Waals surface area (Å²) in [6, 6.07) is 110. The van der Waals surface area contributed by atoms with E-state index in [1.807, 2.05) is 0 Å². The Balaban J connectivity index is 0.873. The van der Waals surface area contributed by atoms with Gasteiger partial charge in [-0.15, -0.1) is 0 Å². The Morgan fingerprint density at radius 3 is 1.29 bits per heavy atom. The molecular formula is C79H49B2N3. The third kappa shape index (κ3) is 6.33. The highest BCUT2D eigenvalue weighted by Gasteiger charge is 2.49. The summed E-state index contributed by atoms with van der Waals surface area (Å²) in [6.07, 6.45) is 0. The molecular weight excluding hydrogens is 1010 g/mol. The number of nitrogens with zero attached hydrogens (tertiary/aromatic N) is 3. The average Bonchev–Trinajstić information content (AvgIpc) is 1.54. The number of anilines is 6. The van der Waals surface area contributed by atoms with E-state index in [1.54, 1.807) is 0 Å². The van der Waals surface area contributed by atoms with Crippen molar-refractivity contribution in [1.29, 1.82) is 0 Å². The van der Waals surface area contributed by atoms with Crippen molar-refractivity contribution in [2.24, 2.45) is 0 Å². The quantitative estimate of drug-likeness (QED) is 0.154. The minimum absolute atomic E-state index is 0.00127. The molecule has 0 saturated heterocycles. The van der Waals surface area contributed by atoms with Crippen LogP contribution in [0.5, 0.6) is 0 Å². The smallest absolute Gasteiger partial charge is 0.252 e. The second kappa shape index (κ2) is 17.5. The Morgan fingerprint density at radius 1 is 0.274 bits per heavy atom. The molecule has 3 nitrogen and oxygen atoms in total. The van der Waals surface area contributed by atoms with E-state index >= 15 is 0 Å². The Hall–Kier alpha value is -10.6. The molecule has 0 spiro atoms. The van der Waals surface area contributed by atoms with Crippen LogP contribution in [0.15, 0.2) is 291 Å². The van der Waals surface area contributed by atoms with E-state index in [0.29, 0.717) is 0 Å². The van der Waals surface area contributed by atoms with Gasteiger partial charge in [-0.05, 0) is 149 Å². The van der Waals surface area contributed by atoms with Crippen LogP contribution in [0.2, 0.25) is 0 Å². The van der Waals surface area contributed by atoms with Crippen LogP contribution in [0.1, 0.15) is 22.6 Å². The van der Waals surface area contributed by atoms with Gasteiger partial charge in [0.2, 0.25) is 6.71 Å².